The van der Waals surface area contributed by atoms with E-state index in [0.29, 0.717) is 17.8 Å². The molecule has 0 radical (unpaired) electrons. The van der Waals surface area contributed by atoms with Gasteiger partial charge >= 0.3 is 0 Å². The first-order valence-electron chi connectivity index (χ1n) is 8.48. The molecule has 1 aliphatic rings. The maximum atomic E-state index is 13.1. The van der Waals surface area contributed by atoms with E-state index in [-0.39, 0.29) is 15.9 Å². The average Bonchev–Trinajstić information content (AvgIpc) is 3.03. The monoisotopic (exact) mass is 454 g/mol. The molecular weight excluding hydrogens is 431 g/mol. The number of aliphatic hydroxyl groups is 1. The summed E-state index contributed by atoms with van der Waals surface area (Å²) in [6, 6.07) is 7.87. The SMILES string of the molecule is Cc1ccc(-c2nocc2C(=O)N2CCC[C@H](C(C)(C)O)C2I)cc1. The lowest BCUT2D eigenvalue weighted by Gasteiger charge is -2.43. The zero-order valence-electron chi connectivity index (χ0n) is 14.7. The van der Waals surface area contributed by atoms with Gasteiger partial charge in [-0.2, -0.15) is 0 Å². The Morgan fingerprint density at radius 2 is 2.04 bits per heavy atom. The fourth-order valence-corrected chi connectivity index (χ4v) is 5.10. The van der Waals surface area contributed by atoms with Gasteiger partial charge in [-0.15, -0.1) is 0 Å². The van der Waals surface area contributed by atoms with Gasteiger partial charge in [0.15, 0.2) is 0 Å². The van der Waals surface area contributed by atoms with Gasteiger partial charge in [0.05, 0.1) is 9.65 Å². The number of alkyl halides is 1. The normalized spacial score (nSPS) is 21.4. The molecule has 2 atom stereocenters. The Balaban J connectivity index is 1.89. The Morgan fingerprint density at radius 3 is 2.68 bits per heavy atom. The molecule has 0 saturated carbocycles. The predicted molar refractivity (Wildman–Crippen MR) is 105 cm³/mol. The number of likely N-dealkylation sites (tertiary alicyclic amines) is 1. The number of hydrogen-bond donors (Lipinski definition) is 1. The second kappa shape index (κ2) is 7.07. The summed E-state index contributed by atoms with van der Waals surface area (Å²) >= 11 is 2.27. The summed E-state index contributed by atoms with van der Waals surface area (Å²) in [7, 11) is 0. The molecular formula is C19H23IN2O3. The molecule has 25 heavy (non-hydrogen) atoms. The molecule has 2 aromatic rings. The van der Waals surface area contributed by atoms with E-state index in [9.17, 15) is 9.90 Å². The van der Waals surface area contributed by atoms with Gasteiger partial charge in [-0.1, -0.05) is 57.6 Å². The van der Waals surface area contributed by atoms with E-state index >= 15 is 0 Å². The molecule has 1 aromatic heterocycles. The van der Waals surface area contributed by atoms with Crippen LogP contribution in [-0.4, -0.2) is 37.3 Å². The van der Waals surface area contributed by atoms with Crippen molar-refractivity contribution in [2.24, 2.45) is 5.92 Å². The van der Waals surface area contributed by atoms with E-state index in [4.69, 9.17) is 4.52 Å². The molecule has 2 heterocycles. The fourth-order valence-electron chi connectivity index (χ4n) is 3.33. The number of benzene rings is 1. The lowest BCUT2D eigenvalue weighted by atomic mass is 9.84. The van der Waals surface area contributed by atoms with Gasteiger partial charge in [0.2, 0.25) is 0 Å². The zero-order chi connectivity index (χ0) is 18.2. The second-order valence-electron chi connectivity index (χ2n) is 7.22. The van der Waals surface area contributed by atoms with Gasteiger partial charge < -0.3 is 14.5 Å². The number of halogens is 1. The molecule has 1 amide bonds. The summed E-state index contributed by atoms with van der Waals surface area (Å²) in [6.07, 6.45) is 3.22. The Labute approximate surface area is 161 Å². The number of amides is 1. The van der Waals surface area contributed by atoms with E-state index in [0.717, 1.165) is 24.0 Å². The van der Waals surface area contributed by atoms with Crippen molar-refractivity contribution in [2.45, 2.75) is 43.3 Å². The average molecular weight is 454 g/mol. The number of nitrogens with zero attached hydrogens (tertiary/aromatic N) is 2. The van der Waals surface area contributed by atoms with Crippen LogP contribution in [0, 0.1) is 12.8 Å². The summed E-state index contributed by atoms with van der Waals surface area (Å²) in [5.41, 5.74) is 2.24. The number of aryl methyl sites for hydroxylation is 1. The van der Waals surface area contributed by atoms with Crippen molar-refractivity contribution in [1.29, 1.82) is 0 Å². The topological polar surface area (TPSA) is 66.6 Å². The minimum absolute atomic E-state index is 0.0356. The summed E-state index contributed by atoms with van der Waals surface area (Å²) in [5.74, 6) is -0.0568. The van der Waals surface area contributed by atoms with E-state index < -0.39 is 5.60 Å². The fraction of sp³-hybridized carbons (Fsp3) is 0.474. The molecule has 1 fully saturated rings. The molecule has 1 unspecified atom stereocenters. The van der Waals surface area contributed by atoms with Gasteiger partial charge in [-0.25, -0.2) is 0 Å². The highest BCUT2D eigenvalue weighted by Crippen LogP contribution is 2.37. The van der Waals surface area contributed by atoms with Crippen molar-refractivity contribution in [3.63, 3.8) is 0 Å². The smallest absolute Gasteiger partial charge is 0.260 e. The molecule has 1 N–H and O–H groups in total. The first kappa shape index (κ1) is 18.4. The maximum absolute atomic E-state index is 13.1. The van der Waals surface area contributed by atoms with Crippen molar-refractivity contribution in [2.75, 3.05) is 6.54 Å². The molecule has 0 bridgehead atoms. The summed E-state index contributed by atoms with van der Waals surface area (Å²) < 4.78 is 5.05. The van der Waals surface area contributed by atoms with Crippen molar-refractivity contribution in [3.05, 3.63) is 41.7 Å². The molecule has 134 valence electrons. The van der Waals surface area contributed by atoms with Crippen LogP contribution < -0.4 is 0 Å². The van der Waals surface area contributed by atoms with Crippen LogP contribution >= 0.6 is 22.6 Å². The van der Waals surface area contributed by atoms with Crippen LogP contribution in [-0.2, 0) is 0 Å². The Morgan fingerprint density at radius 1 is 1.36 bits per heavy atom. The van der Waals surface area contributed by atoms with Crippen LogP contribution in [0.1, 0.15) is 42.6 Å². The minimum Gasteiger partial charge on any atom is -0.390 e. The van der Waals surface area contributed by atoms with Gasteiger partial charge in [-0.05, 0) is 33.6 Å². The van der Waals surface area contributed by atoms with Crippen LogP contribution in [0.4, 0.5) is 0 Å². The van der Waals surface area contributed by atoms with Crippen LogP contribution in [0.15, 0.2) is 35.1 Å². The van der Waals surface area contributed by atoms with Crippen molar-refractivity contribution in [3.8, 4) is 11.3 Å². The molecule has 3 rings (SSSR count). The van der Waals surface area contributed by atoms with Gasteiger partial charge in [-0.3, -0.25) is 4.79 Å². The third-order valence-corrected chi connectivity index (χ3v) is 6.38. The highest BCUT2D eigenvalue weighted by molar-refractivity contribution is 14.1. The third kappa shape index (κ3) is 3.74. The molecule has 6 heteroatoms. The molecule has 1 aromatic carbocycles. The lowest BCUT2D eigenvalue weighted by Crippen LogP contribution is -2.51. The van der Waals surface area contributed by atoms with Crippen LogP contribution in [0.25, 0.3) is 11.3 Å². The summed E-state index contributed by atoms with van der Waals surface area (Å²) in [6.45, 7) is 6.32. The predicted octanol–water partition coefficient (Wildman–Crippen LogP) is 4.03. The third-order valence-electron chi connectivity index (χ3n) is 4.84. The van der Waals surface area contributed by atoms with Gasteiger partial charge in [0.1, 0.15) is 17.5 Å². The van der Waals surface area contributed by atoms with Crippen LogP contribution in [0.5, 0.6) is 0 Å². The quantitative estimate of drug-likeness (QED) is 0.432. The van der Waals surface area contributed by atoms with Crippen molar-refractivity contribution in [1.82, 2.24) is 10.1 Å². The van der Waals surface area contributed by atoms with E-state index in [1.807, 2.05) is 49.9 Å². The number of aromatic nitrogens is 1. The van der Waals surface area contributed by atoms with Crippen molar-refractivity contribution < 1.29 is 14.4 Å². The first-order chi connectivity index (χ1) is 11.8. The maximum Gasteiger partial charge on any atom is 0.260 e. The lowest BCUT2D eigenvalue weighted by molar-refractivity contribution is -0.0191. The van der Waals surface area contributed by atoms with Gasteiger partial charge in [0, 0.05) is 18.0 Å². The number of carbonyl (C=O) groups excluding carboxylic acids is 1. The molecule has 0 spiro atoms. The largest absolute Gasteiger partial charge is 0.390 e. The standard InChI is InChI=1S/C19H23IN2O3/c1-12-6-8-13(9-7-12)16-14(11-25-21-16)18(23)22-10-4-5-15(17(22)20)19(2,3)24/h6-9,11,15,17,24H,4-5,10H2,1-3H3/t15-,17?/m0/s1. The number of hydrogen-bond acceptors (Lipinski definition) is 4. The summed E-state index contributed by atoms with van der Waals surface area (Å²) in [4.78, 5) is 15.0. The highest BCUT2D eigenvalue weighted by atomic mass is 127. The number of rotatable bonds is 3. The molecule has 5 nitrogen and oxygen atoms in total. The number of carbonyl (C=O) groups is 1. The molecule has 1 saturated heterocycles. The van der Waals surface area contributed by atoms with Crippen LogP contribution in [0.2, 0.25) is 0 Å². The Kier molecular flexibility index (Phi) is 5.20. The zero-order valence-corrected chi connectivity index (χ0v) is 16.9. The Hall–Kier alpha value is -1.41. The van der Waals surface area contributed by atoms with Crippen molar-refractivity contribution >= 4 is 28.5 Å². The first-order valence-corrected chi connectivity index (χ1v) is 9.72. The molecule has 1 aliphatic heterocycles. The highest BCUT2D eigenvalue weighted by Gasteiger charge is 2.41. The second-order valence-corrected chi connectivity index (χ2v) is 8.49. The molecule has 0 aliphatic carbocycles. The van der Waals surface area contributed by atoms with E-state index in [1.165, 1.54) is 6.26 Å². The van der Waals surface area contributed by atoms with E-state index in [1.54, 1.807) is 0 Å². The van der Waals surface area contributed by atoms with Gasteiger partial charge in [0.25, 0.3) is 5.91 Å². The Bertz CT molecular complexity index is 749. The van der Waals surface area contributed by atoms with E-state index in [2.05, 4.69) is 27.7 Å². The summed E-state index contributed by atoms with van der Waals surface area (Å²) in [5, 5.41) is 14.5. The minimum atomic E-state index is -0.820. The van der Waals surface area contributed by atoms with Crippen LogP contribution in [0.3, 0.4) is 0 Å². The number of piperidine rings is 1.